The molecule has 11 nitrogen and oxygen atoms in total. The number of nitrogens with zero attached hydrogens (tertiary/aromatic N) is 1. The lowest BCUT2D eigenvalue weighted by molar-refractivity contribution is -0.144. The van der Waals surface area contributed by atoms with Gasteiger partial charge in [-0.3, -0.25) is 24.1 Å². The Morgan fingerprint density at radius 3 is 2.38 bits per heavy atom. The van der Waals surface area contributed by atoms with Gasteiger partial charge in [0.05, 0.1) is 11.3 Å². The van der Waals surface area contributed by atoms with Crippen molar-refractivity contribution in [1.29, 1.82) is 0 Å². The van der Waals surface area contributed by atoms with Gasteiger partial charge in [-0.05, 0) is 41.3 Å². The van der Waals surface area contributed by atoms with Crippen LogP contribution in [0.15, 0.2) is 0 Å². The number of rotatable bonds is 13. The largest absolute Gasteiger partial charge is 0.396 e. The van der Waals surface area contributed by atoms with Crippen LogP contribution in [-0.4, -0.2) is 96.1 Å². The van der Waals surface area contributed by atoms with Crippen molar-refractivity contribution in [3.8, 4) is 0 Å². The number of carbonyl (C=O) groups is 4. The second-order valence-electron chi connectivity index (χ2n) is 8.26. The van der Waals surface area contributed by atoms with Crippen LogP contribution < -0.4 is 27.4 Å². The van der Waals surface area contributed by atoms with Gasteiger partial charge < -0.3 is 32.5 Å². The van der Waals surface area contributed by atoms with Crippen LogP contribution in [0, 0.1) is 0 Å². The summed E-state index contributed by atoms with van der Waals surface area (Å²) in [5.41, 5.74) is 9.94. The number of aliphatic hydroxyl groups excluding tert-OH is 1. The molecule has 4 amide bonds. The van der Waals surface area contributed by atoms with Crippen molar-refractivity contribution >= 4 is 35.4 Å². The second-order valence-corrected chi connectivity index (χ2v) is 9.49. The van der Waals surface area contributed by atoms with Crippen LogP contribution in [0.3, 0.4) is 0 Å². The molecule has 1 fully saturated rings. The summed E-state index contributed by atoms with van der Waals surface area (Å²) >= 11 is 1.26. The molecule has 0 saturated carbocycles. The maximum Gasteiger partial charge on any atom is 0.243 e. The lowest BCUT2D eigenvalue weighted by Gasteiger charge is -2.33. The quantitative estimate of drug-likeness (QED) is 0.131. The highest BCUT2D eigenvalue weighted by atomic mass is 32.2. The molecule has 0 aromatic carbocycles. The first-order chi connectivity index (χ1) is 14.9. The molecule has 1 heterocycles. The number of aliphatic hydroxyl groups is 1. The van der Waals surface area contributed by atoms with E-state index in [1.54, 1.807) is 20.9 Å². The van der Waals surface area contributed by atoms with Crippen LogP contribution in [0.1, 0.15) is 40.0 Å². The van der Waals surface area contributed by atoms with E-state index in [1.807, 2.05) is 14.0 Å². The molecule has 1 aliphatic heterocycles. The minimum absolute atomic E-state index is 0.0234. The number of imide groups is 1. The van der Waals surface area contributed by atoms with E-state index in [0.29, 0.717) is 25.1 Å². The van der Waals surface area contributed by atoms with Crippen molar-refractivity contribution in [2.45, 2.75) is 62.9 Å². The van der Waals surface area contributed by atoms with E-state index in [0.717, 1.165) is 6.54 Å². The van der Waals surface area contributed by atoms with E-state index in [-0.39, 0.29) is 36.8 Å². The SMILES string of the molecule is CNC(CSC1CC(=O)N(C(C)(C)CCO)C1=O)C(N)=O.CNCCNC(=O)CC(C)N. The number of nitrogens with two attached hydrogens (primary N) is 2. The second kappa shape index (κ2) is 15.2. The molecule has 1 aliphatic rings. The predicted molar refractivity (Wildman–Crippen MR) is 126 cm³/mol. The van der Waals surface area contributed by atoms with Crippen LogP contribution in [0.5, 0.6) is 0 Å². The van der Waals surface area contributed by atoms with Gasteiger partial charge in [0.2, 0.25) is 23.6 Å². The zero-order valence-corrected chi connectivity index (χ0v) is 20.6. The van der Waals surface area contributed by atoms with Crippen molar-refractivity contribution in [2.24, 2.45) is 11.5 Å². The van der Waals surface area contributed by atoms with Gasteiger partial charge >= 0.3 is 0 Å². The highest BCUT2D eigenvalue weighted by Crippen LogP contribution is 2.32. The molecule has 0 spiro atoms. The Morgan fingerprint density at radius 1 is 1.28 bits per heavy atom. The number of amides is 4. The number of thioether (sulfide) groups is 1. The monoisotopic (exact) mass is 476 g/mol. The molecule has 0 aromatic rings. The number of hydrogen-bond acceptors (Lipinski definition) is 9. The van der Waals surface area contributed by atoms with E-state index >= 15 is 0 Å². The zero-order chi connectivity index (χ0) is 24.9. The van der Waals surface area contributed by atoms with Crippen molar-refractivity contribution in [2.75, 3.05) is 39.5 Å². The number of likely N-dealkylation sites (tertiary alicyclic amines) is 1. The third-order valence-electron chi connectivity index (χ3n) is 4.79. The Morgan fingerprint density at radius 2 is 1.91 bits per heavy atom. The standard InChI is InChI=1S/C13H23N3O4S.C7H17N3O/c1-13(2,4-5-17)16-10(18)6-9(12(16)20)21-7-8(15-3)11(14)19;1-6(8)5-7(11)10-4-3-9-2/h8-9,15,17H,4-7H2,1-3H3,(H2,14,19);6,9H,3-5,8H2,1-2H3,(H,10,11). The molecule has 1 saturated heterocycles. The minimum Gasteiger partial charge on any atom is -0.396 e. The van der Waals surface area contributed by atoms with Gasteiger partial charge in [0.25, 0.3) is 0 Å². The Labute approximate surface area is 194 Å². The van der Waals surface area contributed by atoms with Crippen molar-refractivity contribution in [3.05, 3.63) is 0 Å². The number of carbonyl (C=O) groups excluding carboxylic acids is 4. The van der Waals surface area contributed by atoms with E-state index < -0.39 is 22.7 Å². The van der Waals surface area contributed by atoms with Crippen LogP contribution in [0.2, 0.25) is 0 Å². The summed E-state index contributed by atoms with van der Waals surface area (Å²) in [6.07, 6.45) is 0.861. The molecule has 32 heavy (non-hydrogen) atoms. The van der Waals surface area contributed by atoms with Gasteiger partial charge in [0.1, 0.15) is 0 Å². The highest BCUT2D eigenvalue weighted by molar-refractivity contribution is 8.00. The fourth-order valence-corrected chi connectivity index (χ4v) is 4.23. The first-order valence-corrected chi connectivity index (χ1v) is 11.7. The van der Waals surface area contributed by atoms with Gasteiger partial charge in [-0.1, -0.05) is 0 Å². The molecule has 0 radical (unpaired) electrons. The molecule has 3 unspecified atom stereocenters. The van der Waals surface area contributed by atoms with Gasteiger partial charge in [-0.15, -0.1) is 11.8 Å². The fourth-order valence-electron chi connectivity index (χ4n) is 2.97. The summed E-state index contributed by atoms with van der Waals surface area (Å²) in [6, 6.07) is -0.581. The fraction of sp³-hybridized carbons (Fsp3) is 0.800. The maximum atomic E-state index is 12.4. The summed E-state index contributed by atoms with van der Waals surface area (Å²) in [4.78, 5) is 47.7. The van der Waals surface area contributed by atoms with Gasteiger partial charge in [-0.25, -0.2) is 0 Å². The minimum atomic E-state index is -0.704. The Kier molecular flexibility index (Phi) is 14.3. The number of primary amides is 1. The van der Waals surface area contributed by atoms with E-state index in [2.05, 4.69) is 16.0 Å². The maximum absolute atomic E-state index is 12.4. The molecular weight excluding hydrogens is 436 g/mol. The first kappa shape index (κ1) is 30.3. The third-order valence-corrected chi connectivity index (χ3v) is 6.09. The van der Waals surface area contributed by atoms with Crippen LogP contribution in [0.25, 0.3) is 0 Å². The van der Waals surface area contributed by atoms with E-state index in [9.17, 15) is 19.2 Å². The van der Waals surface area contributed by atoms with Crippen molar-refractivity contribution < 1.29 is 24.3 Å². The number of likely N-dealkylation sites (N-methyl/N-ethyl adjacent to an activating group) is 2. The lowest BCUT2D eigenvalue weighted by atomic mass is 9.99. The molecule has 0 aromatic heterocycles. The molecule has 12 heteroatoms. The first-order valence-electron chi connectivity index (χ1n) is 10.6. The highest BCUT2D eigenvalue weighted by Gasteiger charge is 2.46. The summed E-state index contributed by atoms with van der Waals surface area (Å²) in [5.74, 6) is -0.627. The lowest BCUT2D eigenvalue weighted by Crippen LogP contribution is -2.48. The van der Waals surface area contributed by atoms with E-state index in [1.165, 1.54) is 16.7 Å². The van der Waals surface area contributed by atoms with Crippen LogP contribution in [-0.2, 0) is 19.2 Å². The molecule has 1 rings (SSSR count). The van der Waals surface area contributed by atoms with Crippen LogP contribution >= 0.6 is 11.8 Å². The summed E-state index contributed by atoms with van der Waals surface area (Å²) in [7, 11) is 3.46. The summed E-state index contributed by atoms with van der Waals surface area (Å²) in [6.45, 7) is 6.70. The van der Waals surface area contributed by atoms with Gasteiger partial charge in [0, 0.05) is 49.9 Å². The number of nitrogens with one attached hydrogen (secondary N) is 3. The van der Waals surface area contributed by atoms with E-state index in [4.69, 9.17) is 16.6 Å². The Balaban J connectivity index is 0.000000739. The van der Waals surface area contributed by atoms with Crippen LogP contribution in [0.4, 0.5) is 0 Å². The summed E-state index contributed by atoms with van der Waals surface area (Å²) in [5, 5.41) is 17.0. The number of hydrogen-bond donors (Lipinski definition) is 6. The smallest absolute Gasteiger partial charge is 0.243 e. The van der Waals surface area contributed by atoms with Gasteiger partial charge in [0.15, 0.2) is 0 Å². The average molecular weight is 477 g/mol. The molecule has 3 atom stereocenters. The normalized spacial score (nSPS) is 18.1. The third kappa shape index (κ3) is 10.7. The van der Waals surface area contributed by atoms with Crippen molar-refractivity contribution in [1.82, 2.24) is 20.9 Å². The molecule has 0 aliphatic carbocycles. The molecule has 0 bridgehead atoms. The zero-order valence-electron chi connectivity index (χ0n) is 19.8. The Bertz CT molecular complexity index is 632. The molecular formula is C20H40N6O5S. The predicted octanol–water partition coefficient (Wildman–Crippen LogP) is -1.86. The summed E-state index contributed by atoms with van der Waals surface area (Å²) < 4.78 is 0. The topological polar surface area (TPSA) is 180 Å². The van der Waals surface area contributed by atoms with Gasteiger partial charge in [-0.2, -0.15) is 0 Å². The molecule has 186 valence electrons. The molecule has 8 N–H and O–H groups in total. The Hall–Kier alpha value is -1.73. The van der Waals surface area contributed by atoms with Crippen molar-refractivity contribution in [3.63, 3.8) is 0 Å². The average Bonchev–Trinajstić information content (AvgIpc) is 2.96.